The van der Waals surface area contributed by atoms with Crippen molar-refractivity contribution in [2.24, 2.45) is 0 Å². The number of thioether (sulfide) groups is 1. The minimum absolute atomic E-state index is 0.502. The summed E-state index contributed by atoms with van der Waals surface area (Å²) in [5, 5.41) is 3.71. The fraction of sp³-hybridized carbons (Fsp3) is 0.571. The Balaban J connectivity index is 2.09. The van der Waals surface area contributed by atoms with Crippen LogP contribution < -0.4 is 10.1 Å². The molecule has 1 N–H and O–H groups in total. The number of benzene rings is 1. The zero-order valence-corrected chi connectivity index (χ0v) is 11.6. The van der Waals surface area contributed by atoms with Crippen molar-refractivity contribution in [3.05, 3.63) is 29.3 Å². The van der Waals surface area contributed by atoms with Crippen LogP contribution in [0.3, 0.4) is 0 Å². The first-order valence-corrected chi connectivity index (χ1v) is 7.55. The average molecular weight is 251 g/mol. The van der Waals surface area contributed by atoms with E-state index < -0.39 is 0 Å². The first-order chi connectivity index (χ1) is 8.24. The molecule has 3 heteroatoms. The zero-order chi connectivity index (χ0) is 12.3. The first kappa shape index (κ1) is 12.8. The Labute approximate surface area is 108 Å². The van der Waals surface area contributed by atoms with E-state index in [0.717, 1.165) is 11.5 Å². The van der Waals surface area contributed by atoms with Gasteiger partial charge in [0.1, 0.15) is 5.75 Å². The number of aryl methyl sites for hydroxylation is 1. The van der Waals surface area contributed by atoms with Crippen LogP contribution in [-0.4, -0.2) is 25.2 Å². The summed E-state index contributed by atoms with van der Waals surface area (Å²) in [6.45, 7) is 2.26. The molecule has 1 aliphatic carbocycles. The van der Waals surface area contributed by atoms with Crippen molar-refractivity contribution >= 4 is 11.8 Å². The predicted octanol–water partition coefficient (Wildman–Crippen LogP) is 3.02. The third-order valence-electron chi connectivity index (χ3n) is 3.33. The molecule has 0 radical (unpaired) electrons. The molecular weight excluding hydrogens is 230 g/mol. The maximum atomic E-state index is 5.31. The molecule has 1 aromatic rings. The summed E-state index contributed by atoms with van der Waals surface area (Å²) < 4.78 is 5.31. The molecule has 2 unspecified atom stereocenters. The van der Waals surface area contributed by atoms with Gasteiger partial charge in [-0.3, -0.25) is 0 Å². The predicted molar refractivity (Wildman–Crippen MR) is 75.0 cm³/mol. The lowest BCUT2D eigenvalue weighted by Crippen LogP contribution is -2.31. The molecule has 1 aromatic carbocycles. The van der Waals surface area contributed by atoms with E-state index in [0.29, 0.717) is 12.1 Å². The van der Waals surface area contributed by atoms with Gasteiger partial charge in [0, 0.05) is 17.8 Å². The van der Waals surface area contributed by atoms with Crippen LogP contribution in [0.25, 0.3) is 0 Å². The monoisotopic (exact) mass is 251 g/mol. The van der Waals surface area contributed by atoms with Gasteiger partial charge in [0.25, 0.3) is 0 Å². The lowest BCUT2D eigenvalue weighted by molar-refractivity contribution is 0.412. The van der Waals surface area contributed by atoms with Crippen LogP contribution in [-0.2, 0) is 6.42 Å². The molecule has 17 heavy (non-hydrogen) atoms. The Morgan fingerprint density at radius 1 is 1.53 bits per heavy atom. The van der Waals surface area contributed by atoms with E-state index in [-0.39, 0.29) is 0 Å². The molecule has 0 aromatic heterocycles. The average Bonchev–Trinajstić information content (AvgIpc) is 2.72. The van der Waals surface area contributed by atoms with Gasteiger partial charge in [-0.15, -0.1) is 0 Å². The minimum atomic E-state index is 0.502. The summed E-state index contributed by atoms with van der Waals surface area (Å²) >= 11 is 1.89. The molecule has 1 aliphatic rings. The summed E-state index contributed by atoms with van der Waals surface area (Å²) in [5.74, 6) is 2.13. The van der Waals surface area contributed by atoms with Crippen molar-refractivity contribution in [3.8, 4) is 5.75 Å². The van der Waals surface area contributed by atoms with E-state index in [9.17, 15) is 0 Å². The summed E-state index contributed by atoms with van der Waals surface area (Å²) in [5.41, 5.74) is 2.90. The van der Waals surface area contributed by atoms with Crippen molar-refractivity contribution in [1.29, 1.82) is 0 Å². The van der Waals surface area contributed by atoms with Gasteiger partial charge in [-0.1, -0.05) is 6.07 Å². The van der Waals surface area contributed by atoms with Crippen molar-refractivity contribution in [3.63, 3.8) is 0 Å². The second-order valence-electron chi connectivity index (χ2n) is 4.68. The van der Waals surface area contributed by atoms with E-state index in [1.54, 1.807) is 7.11 Å². The third kappa shape index (κ3) is 2.96. The Kier molecular flexibility index (Phi) is 4.35. The quantitative estimate of drug-likeness (QED) is 0.869. The Hall–Kier alpha value is -0.670. The molecule has 0 saturated heterocycles. The summed E-state index contributed by atoms with van der Waals surface area (Å²) in [4.78, 5) is 0. The summed E-state index contributed by atoms with van der Waals surface area (Å²) in [6, 6.07) is 7.52. The third-order valence-corrected chi connectivity index (χ3v) is 4.17. The fourth-order valence-corrected chi connectivity index (χ4v) is 3.12. The highest BCUT2D eigenvalue weighted by Gasteiger charge is 2.23. The maximum absolute atomic E-state index is 5.31. The highest BCUT2D eigenvalue weighted by Crippen LogP contribution is 2.34. The molecule has 0 saturated carbocycles. The number of nitrogens with one attached hydrogen (secondary N) is 1. The van der Waals surface area contributed by atoms with Crippen molar-refractivity contribution in [1.82, 2.24) is 5.32 Å². The van der Waals surface area contributed by atoms with E-state index in [1.807, 2.05) is 11.8 Å². The number of ether oxygens (including phenoxy) is 1. The van der Waals surface area contributed by atoms with Crippen molar-refractivity contribution in [2.75, 3.05) is 19.1 Å². The van der Waals surface area contributed by atoms with Crippen molar-refractivity contribution < 1.29 is 4.74 Å². The molecule has 0 fully saturated rings. The van der Waals surface area contributed by atoms with Gasteiger partial charge in [-0.2, -0.15) is 11.8 Å². The van der Waals surface area contributed by atoms with Crippen LogP contribution in [0, 0.1) is 0 Å². The van der Waals surface area contributed by atoms with Crippen LogP contribution in [0.15, 0.2) is 18.2 Å². The fourth-order valence-electron chi connectivity index (χ4n) is 2.52. The van der Waals surface area contributed by atoms with E-state index in [2.05, 4.69) is 36.7 Å². The van der Waals surface area contributed by atoms with Gasteiger partial charge in [0.15, 0.2) is 0 Å². The lowest BCUT2D eigenvalue weighted by atomic mass is 10.1. The number of fused-ring (bicyclic) bond motifs is 1. The van der Waals surface area contributed by atoms with Gasteiger partial charge < -0.3 is 10.1 Å². The Morgan fingerprint density at radius 3 is 3.06 bits per heavy atom. The summed E-state index contributed by atoms with van der Waals surface area (Å²) in [6.07, 6.45) is 4.55. The number of rotatable bonds is 5. The van der Waals surface area contributed by atoms with Gasteiger partial charge in [-0.25, -0.2) is 0 Å². The van der Waals surface area contributed by atoms with Crippen LogP contribution in [0.1, 0.15) is 30.5 Å². The molecule has 0 amide bonds. The topological polar surface area (TPSA) is 21.3 Å². The molecule has 0 aliphatic heterocycles. The number of hydrogen-bond donors (Lipinski definition) is 1. The Morgan fingerprint density at radius 2 is 2.35 bits per heavy atom. The van der Waals surface area contributed by atoms with Crippen LogP contribution in [0.5, 0.6) is 5.75 Å². The second kappa shape index (κ2) is 5.78. The van der Waals surface area contributed by atoms with E-state index >= 15 is 0 Å². The molecule has 2 nitrogen and oxygen atoms in total. The molecular formula is C14H21NOS. The van der Waals surface area contributed by atoms with Gasteiger partial charge in [-0.05, 0) is 49.3 Å². The van der Waals surface area contributed by atoms with E-state index in [4.69, 9.17) is 4.74 Å². The van der Waals surface area contributed by atoms with Crippen LogP contribution in [0.4, 0.5) is 0 Å². The van der Waals surface area contributed by atoms with Gasteiger partial charge in [0.05, 0.1) is 7.11 Å². The standard InChI is InChI=1S/C14H21NOS/c1-10(9-17-3)15-14-7-5-11-4-6-12(16-2)8-13(11)14/h4,6,8,10,14-15H,5,7,9H2,1-3H3. The largest absolute Gasteiger partial charge is 0.497 e. The van der Waals surface area contributed by atoms with Crippen LogP contribution in [0.2, 0.25) is 0 Å². The maximum Gasteiger partial charge on any atom is 0.119 e. The molecule has 94 valence electrons. The molecule has 0 spiro atoms. The second-order valence-corrected chi connectivity index (χ2v) is 5.59. The molecule has 0 bridgehead atoms. The molecule has 2 rings (SSSR count). The van der Waals surface area contributed by atoms with Gasteiger partial charge in [0.2, 0.25) is 0 Å². The normalized spacial score (nSPS) is 20.1. The first-order valence-electron chi connectivity index (χ1n) is 6.16. The van der Waals surface area contributed by atoms with Crippen LogP contribution >= 0.6 is 11.8 Å². The number of hydrogen-bond acceptors (Lipinski definition) is 3. The van der Waals surface area contributed by atoms with Gasteiger partial charge >= 0.3 is 0 Å². The number of methoxy groups -OCH3 is 1. The smallest absolute Gasteiger partial charge is 0.119 e. The SMILES string of the molecule is COc1ccc2c(c1)C(NC(C)CSC)CC2. The lowest BCUT2D eigenvalue weighted by Gasteiger charge is -2.20. The highest BCUT2D eigenvalue weighted by atomic mass is 32.2. The van der Waals surface area contributed by atoms with E-state index in [1.165, 1.54) is 24.0 Å². The minimum Gasteiger partial charge on any atom is -0.497 e. The summed E-state index contributed by atoms with van der Waals surface area (Å²) in [7, 11) is 1.73. The van der Waals surface area contributed by atoms with Crippen molar-refractivity contribution in [2.45, 2.75) is 31.8 Å². The zero-order valence-electron chi connectivity index (χ0n) is 10.8. The molecule has 2 atom stereocenters. The Bertz CT molecular complexity index is 380. The highest BCUT2D eigenvalue weighted by molar-refractivity contribution is 7.98. The molecule has 0 heterocycles.